The first kappa shape index (κ1) is 26.4. The number of benzene rings is 1. The fourth-order valence-corrected chi connectivity index (χ4v) is 3.71. The number of hydrogen-bond donors (Lipinski definition) is 2. The zero-order valence-corrected chi connectivity index (χ0v) is 20.8. The maximum Gasteiger partial charge on any atom is 0.317 e. The summed E-state index contributed by atoms with van der Waals surface area (Å²) in [5.74, 6) is 0.0131. The maximum absolute atomic E-state index is 13.2. The summed E-state index contributed by atoms with van der Waals surface area (Å²) < 4.78 is 11.8. The Morgan fingerprint density at radius 1 is 1.24 bits per heavy atom. The predicted molar refractivity (Wildman–Crippen MR) is 128 cm³/mol. The van der Waals surface area contributed by atoms with E-state index in [9.17, 15) is 14.4 Å². The number of fused-ring (bicyclic) bond motifs is 1. The van der Waals surface area contributed by atoms with Gasteiger partial charge < -0.3 is 29.9 Å². The van der Waals surface area contributed by atoms with Crippen LogP contribution in [0.4, 0.5) is 10.5 Å². The Morgan fingerprint density at radius 3 is 2.55 bits per heavy atom. The van der Waals surface area contributed by atoms with Gasteiger partial charge in [0, 0.05) is 57.4 Å². The van der Waals surface area contributed by atoms with Gasteiger partial charge in [-0.1, -0.05) is 13.8 Å². The van der Waals surface area contributed by atoms with Gasteiger partial charge in [-0.25, -0.2) is 4.79 Å². The Hall–Kier alpha value is -2.81. The van der Waals surface area contributed by atoms with Crippen LogP contribution < -0.4 is 15.4 Å². The van der Waals surface area contributed by atoms with E-state index < -0.39 is 0 Å². The number of amides is 4. The quantitative estimate of drug-likeness (QED) is 0.717. The van der Waals surface area contributed by atoms with Crippen molar-refractivity contribution in [1.82, 2.24) is 15.1 Å². The van der Waals surface area contributed by atoms with E-state index in [1.165, 1.54) is 0 Å². The molecule has 1 heterocycles. The fraction of sp³-hybridized carbons (Fsp3) is 0.625. The van der Waals surface area contributed by atoms with Gasteiger partial charge >= 0.3 is 6.03 Å². The molecule has 1 aromatic rings. The van der Waals surface area contributed by atoms with E-state index in [0.717, 1.165) is 0 Å². The standard InChI is InChI=1S/C24H38N4O5/c1-8-22(29)26-18-9-10-19-20(11-18)33-14-17(5)28(24(31)25-15(2)3)12-16(4)21(32-7)13-27(6)23(19)30/h9-11,15-17,21H,8,12-14H2,1-7H3,(H,25,31)(H,26,29)/t16-,17+,21-/m1/s1. The Kier molecular flexibility index (Phi) is 9.52. The average Bonchev–Trinajstić information content (AvgIpc) is 2.77. The molecule has 0 fully saturated rings. The van der Waals surface area contributed by atoms with Crippen LogP contribution in [0.25, 0.3) is 0 Å². The molecule has 0 bridgehead atoms. The summed E-state index contributed by atoms with van der Waals surface area (Å²) in [5.41, 5.74) is 0.939. The SMILES string of the molecule is CCC(=O)Nc1ccc2c(c1)OC[C@H](C)N(C(=O)NC(C)C)C[C@@H](C)[C@H](OC)CN(C)C2=O. The first-order chi connectivity index (χ1) is 15.6. The molecule has 9 heteroatoms. The molecule has 0 saturated heterocycles. The molecule has 33 heavy (non-hydrogen) atoms. The third-order valence-electron chi connectivity index (χ3n) is 5.72. The van der Waals surface area contributed by atoms with Crippen LogP contribution in [0.5, 0.6) is 5.75 Å². The minimum atomic E-state index is -0.266. The summed E-state index contributed by atoms with van der Waals surface area (Å²) in [7, 11) is 3.34. The normalized spacial score (nSPS) is 22.1. The van der Waals surface area contributed by atoms with Crippen LogP contribution in [-0.4, -0.2) is 79.7 Å². The Balaban J connectivity index is 2.44. The van der Waals surface area contributed by atoms with Gasteiger partial charge in [0.05, 0.1) is 17.7 Å². The van der Waals surface area contributed by atoms with Crippen molar-refractivity contribution < 1.29 is 23.9 Å². The second kappa shape index (κ2) is 11.9. The van der Waals surface area contributed by atoms with E-state index in [1.54, 1.807) is 49.1 Å². The highest BCUT2D eigenvalue weighted by molar-refractivity contribution is 5.98. The molecule has 0 aliphatic carbocycles. The number of ether oxygens (including phenoxy) is 2. The van der Waals surface area contributed by atoms with E-state index in [2.05, 4.69) is 10.6 Å². The molecule has 2 N–H and O–H groups in total. The molecule has 3 atom stereocenters. The molecule has 0 unspecified atom stereocenters. The minimum absolute atomic E-state index is 0.00486. The van der Waals surface area contributed by atoms with Crippen LogP contribution in [0.15, 0.2) is 18.2 Å². The summed E-state index contributed by atoms with van der Waals surface area (Å²) in [6.07, 6.45) is 0.0834. The zero-order valence-electron chi connectivity index (χ0n) is 20.8. The van der Waals surface area contributed by atoms with Crippen LogP contribution in [0.3, 0.4) is 0 Å². The van der Waals surface area contributed by atoms with Crippen molar-refractivity contribution in [3.63, 3.8) is 0 Å². The largest absolute Gasteiger partial charge is 0.491 e. The van der Waals surface area contributed by atoms with Gasteiger partial charge in [-0.2, -0.15) is 0 Å². The number of nitrogens with zero attached hydrogens (tertiary/aromatic N) is 2. The van der Waals surface area contributed by atoms with Gasteiger partial charge in [0.2, 0.25) is 5.91 Å². The lowest BCUT2D eigenvalue weighted by Gasteiger charge is -2.36. The average molecular weight is 463 g/mol. The van der Waals surface area contributed by atoms with E-state index >= 15 is 0 Å². The number of anilines is 1. The summed E-state index contributed by atoms with van der Waals surface area (Å²) >= 11 is 0. The highest BCUT2D eigenvalue weighted by Gasteiger charge is 2.30. The maximum atomic E-state index is 13.2. The van der Waals surface area contributed by atoms with Gasteiger partial charge in [0.15, 0.2) is 0 Å². The molecule has 0 aromatic heterocycles. The van der Waals surface area contributed by atoms with Crippen LogP contribution >= 0.6 is 0 Å². The number of nitrogens with one attached hydrogen (secondary N) is 2. The van der Waals surface area contributed by atoms with Crippen LogP contribution in [0.1, 0.15) is 51.4 Å². The Bertz CT molecular complexity index is 844. The number of hydrogen-bond acceptors (Lipinski definition) is 5. The van der Waals surface area contributed by atoms with E-state index in [1.807, 2.05) is 27.7 Å². The van der Waals surface area contributed by atoms with Gasteiger partial charge in [0.25, 0.3) is 5.91 Å². The Labute approximate surface area is 196 Å². The minimum Gasteiger partial charge on any atom is -0.491 e. The fourth-order valence-electron chi connectivity index (χ4n) is 3.71. The molecule has 0 saturated carbocycles. The van der Waals surface area contributed by atoms with Crippen molar-refractivity contribution in [2.24, 2.45) is 5.92 Å². The van der Waals surface area contributed by atoms with Crippen molar-refractivity contribution in [2.75, 3.05) is 39.2 Å². The summed E-state index contributed by atoms with van der Waals surface area (Å²) in [6, 6.07) is 4.56. The molecule has 0 spiro atoms. The molecule has 1 aromatic carbocycles. The lowest BCUT2D eigenvalue weighted by molar-refractivity contribution is -0.115. The summed E-state index contributed by atoms with van der Waals surface area (Å²) in [5, 5.41) is 5.76. The molecule has 1 aliphatic heterocycles. The van der Waals surface area contributed by atoms with Crippen LogP contribution in [0, 0.1) is 5.92 Å². The van der Waals surface area contributed by atoms with Gasteiger partial charge in [-0.05, 0) is 32.9 Å². The summed E-state index contributed by atoms with van der Waals surface area (Å²) in [6.45, 7) is 10.5. The summed E-state index contributed by atoms with van der Waals surface area (Å²) in [4.78, 5) is 41.4. The predicted octanol–water partition coefficient (Wildman–Crippen LogP) is 2.96. The molecule has 184 valence electrons. The molecular weight excluding hydrogens is 424 g/mol. The third-order valence-corrected chi connectivity index (χ3v) is 5.72. The molecule has 9 nitrogen and oxygen atoms in total. The number of likely N-dealkylation sites (N-methyl/N-ethyl adjacent to an activating group) is 1. The van der Waals surface area contributed by atoms with Gasteiger partial charge in [-0.15, -0.1) is 0 Å². The highest BCUT2D eigenvalue weighted by atomic mass is 16.5. The van der Waals surface area contributed by atoms with E-state index in [0.29, 0.717) is 36.5 Å². The van der Waals surface area contributed by atoms with Crippen LogP contribution in [0.2, 0.25) is 0 Å². The molecule has 1 aliphatic rings. The second-order valence-electron chi connectivity index (χ2n) is 8.97. The zero-order chi connectivity index (χ0) is 24.7. The molecule has 2 rings (SSSR count). The number of carbonyl (C=O) groups is 3. The van der Waals surface area contributed by atoms with Gasteiger partial charge in [0.1, 0.15) is 12.4 Å². The number of rotatable bonds is 4. The van der Waals surface area contributed by atoms with Crippen molar-refractivity contribution in [3.05, 3.63) is 23.8 Å². The number of methoxy groups -OCH3 is 1. The van der Waals surface area contributed by atoms with Crippen molar-refractivity contribution in [2.45, 2.75) is 59.2 Å². The lowest BCUT2D eigenvalue weighted by Crippen LogP contribution is -2.52. The van der Waals surface area contributed by atoms with Crippen molar-refractivity contribution in [1.29, 1.82) is 0 Å². The highest BCUT2D eigenvalue weighted by Crippen LogP contribution is 2.27. The van der Waals surface area contributed by atoms with E-state index in [4.69, 9.17) is 9.47 Å². The van der Waals surface area contributed by atoms with Crippen molar-refractivity contribution >= 4 is 23.5 Å². The number of carbonyl (C=O) groups excluding carboxylic acids is 3. The van der Waals surface area contributed by atoms with Gasteiger partial charge in [-0.3, -0.25) is 9.59 Å². The molecular formula is C24H38N4O5. The molecule has 0 radical (unpaired) electrons. The first-order valence-electron chi connectivity index (χ1n) is 11.5. The third kappa shape index (κ3) is 7.08. The van der Waals surface area contributed by atoms with Crippen molar-refractivity contribution in [3.8, 4) is 5.75 Å². The smallest absolute Gasteiger partial charge is 0.317 e. The Morgan fingerprint density at radius 2 is 1.94 bits per heavy atom. The lowest BCUT2D eigenvalue weighted by atomic mass is 10.0. The molecule has 4 amide bonds. The first-order valence-corrected chi connectivity index (χ1v) is 11.5. The topological polar surface area (TPSA) is 100 Å². The van der Waals surface area contributed by atoms with E-state index in [-0.39, 0.29) is 48.6 Å². The second-order valence-corrected chi connectivity index (χ2v) is 8.97. The number of urea groups is 1. The monoisotopic (exact) mass is 462 g/mol. The van der Waals surface area contributed by atoms with Crippen LogP contribution in [-0.2, 0) is 9.53 Å².